The Morgan fingerprint density at radius 2 is 1.97 bits per heavy atom. The van der Waals surface area contributed by atoms with Crippen molar-refractivity contribution in [3.63, 3.8) is 0 Å². The third-order valence-corrected chi connectivity index (χ3v) is 6.41. The number of phenolic OH excluding ortho intramolecular Hbond substituents is 1. The zero-order valence-electron chi connectivity index (χ0n) is 18.6. The standard InChI is InChI=1S/C25H26N6O3/c26-11-8-25(31-16-21(23(27)34)24(29-31)28-17-32)9-12-30(13-10-25)15-18-6-7-20(22(33)14-18)19-4-2-1-3-5-19/h1-7,14,16-17,33H,8-10,12-13,15H2,(H2,27,34)(H,28,29,32). The van der Waals surface area contributed by atoms with Gasteiger partial charge in [0, 0.05) is 31.4 Å². The number of aromatic nitrogens is 2. The van der Waals surface area contributed by atoms with Gasteiger partial charge in [0.15, 0.2) is 5.82 Å². The first-order chi connectivity index (χ1) is 16.5. The van der Waals surface area contributed by atoms with Crippen molar-refractivity contribution in [3.05, 3.63) is 65.9 Å². The summed E-state index contributed by atoms with van der Waals surface area (Å²) in [5.74, 6) is -0.361. The quantitative estimate of drug-likeness (QED) is 0.444. The van der Waals surface area contributed by atoms with E-state index in [0.29, 0.717) is 38.9 Å². The maximum Gasteiger partial charge on any atom is 0.254 e. The number of nitrogens with one attached hydrogen (secondary N) is 1. The van der Waals surface area contributed by atoms with Gasteiger partial charge in [0.25, 0.3) is 5.91 Å². The molecule has 4 N–H and O–H groups in total. The minimum Gasteiger partial charge on any atom is -0.507 e. The summed E-state index contributed by atoms with van der Waals surface area (Å²) in [5.41, 5.74) is 7.69. The highest BCUT2D eigenvalue weighted by Crippen LogP contribution is 2.36. The maximum atomic E-state index is 11.8. The molecule has 4 rings (SSSR count). The maximum absolute atomic E-state index is 11.8. The molecule has 2 heterocycles. The molecule has 0 saturated carbocycles. The lowest BCUT2D eigenvalue weighted by atomic mass is 9.84. The van der Waals surface area contributed by atoms with Crippen LogP contribution in [0.1, 0.15) is 35.2 Å². The number of rotatable bonds is 8. The Kier molecular flexibility index (Phi) is 6.61. The van der Waals surface area contributed by atoms with Crippen molar-refractivity contribution in [2.24, 2.45) is 5.73 Å². The Labute approximate surface area is 197 Å². The second-order valence-electron chi connectivity index (χ2n) is 8.52. The van der Waals surface area contributed by atoms with E-state index in [-0.39, 0.29) is 23.6 Å². The van der Waals surface area contributed by atoms with Gasteiger partial charge in [0.05, 0.1) is 18.0 Å². The molecule has 34 heavy (non-hydrogen) atoms. The number of amides is 2. The molecule has 0 spiro atoms. The lowest BCUT2D eigenvalue weighted by molar-refractivity contribution is -0.105. The molecule has 9 nitrogen and oxygen atoms in total. The van der Waals surface area contributed by atoms with Crippen LogP contribution < -0.4 is 11.1 Å². The van der Waals surface area contributed by atoms with Crippen molar-refractivity contribution in [1.29, 1.82) is 5.26 Å². The van der Waals surface area contributed by atoms with E-state index in [9.17, 15) is 20.0 Å². The molecule has 0 radical (unpaired) electrons. The molecule has 1 fully saturated rings. The number of phenols is 1. The number of nitrogens with zero attached hydrogens (tertiary/aromatic N) is 4. The van der Waals surface area contributed by atoms with E-state index >= 15 is 0 Å². The number of primary amides is 1. The fourth-order valence-electron chi connectivity index (χ4n) is 4.52. The van der Waals surface area contributed by atoms with Gasteiger partial charge in [0.1, 0.15) is 11.3 Å². The molecule has 9 heteroatoms. The Morgan fingerprint density at radius 3 is 2.59 bits per heavy atom. The number of carbonyl (C=O) groups excluding carboxylic acids is 2. The molecular formula is C25H26N6O3. The minimum atomic E-state index is -0.695. The molecule has 0 atom stereocenters. The second-order valence-corrected chi connectivity index (χ2v) is 8.52. The first kappa shape index (κ1) is 23.0. The van der Waals surface area contributed by atoms with Crippen LogP contribution in [-0.2, 0) is 16.9 Å². The average molecular weight is 459 g/mol. The predicted octanol–water partition coefficient (Wildman–Crippen LogP) is 2.83. The van der Waals surface area contributed by atoms with E-state index in [2.05, 4.69) is 21.4 Å². The predicted molar refractivity (Wildman–Crippen MR) is 127 cm³/mol. The SMILES string of the molecule is N#CCC1(n2cc(C(N)=O)c(NC=O)n2)CCN(Cc2ccc(-c3ccccc3)c(O)c2)CC1. The fourth-order valence-corrected chi connectivity index (χ4v) is 4.52. The average Bonchev–Trinajstić information content (AvgIpc) is 3.27. The Bertz CT molecular complexity index is 1220. The third-order valence-electron chi connectivity index (χ3n) is 6.41. The summed E-state index contributed by atoms with van der Waals surface area (Å²) in [7, 11) is 0. The van der Waals surface area contributed by atoms with Crippen molar-refractivity contribution in [2.45, 2.75) is 31.3 Å². The molecule has 174 valence electrons. The van der Waals surface area contributed by atoms with Gasteiger partial charge in [-0.3, -0.25) is 19.2 Å². The summed E-state index contributed by atoms with van der Waals surface area (Å²) in [6.07, 6.45) is 3.44. The molecule has 0 bridgehead atoms. The highest BCUT2D eigenvalue weighted by Gasteiger charge is 2.38. The van der Waals surface area contributed by atoms with Gasteiger partial charge in [-0.15, -0.1) is 0 Å². The molecule has 1 saturated heterocycles. The van der Waals surface area contributed by atoms with Crippen LogP contribution in [0.4, 0.5) is 5.82 Å². The Morgan fingerprint density at radius 1 is 1.24 bits per heavy atom. The van der Waals surface area contributed by atoms with Crippen molar-refractivity contribution < 1.29 is 14.7 Å². The van der Waals surface area contributed by atoms with E-state index in [0.717, 1.165) is 16.7 Å². The molecule has 2 amide bonds. The zero-order chi connectivity index (χ0) is 24.1. The van der Waals surface area contributed by atoms with Crippen LogP contribution in [0.5, 0.6) is 5.75 Å². The van der Waals surface area contributed by atoms with Crippen LogP contribution in [0, 0.1) is 11.3 Å². The Balaban J connectivity index is 1.48. The molecule has 3 aromatic rings. The van der Waals surface area contributed by atoms with E-state index in [1.54, 1.807) is 10.7 Å². The largest absolute Gasteiger partial charge is 0.507 e. The summed E-state index contributed by atoms with van der Waals surface area (Å²) in [6, 6.07) is 17.7. The van der Waals surface area contributed by atoms with Gasteiger partial charge >= 0.3 is 0 Å². The smallest absolute Gasteiger partial charge is 0.254 e. The van der Waals surface area contributed by atoms with Gasteiger partial charge in [-0.25, -0.2) is 0 Å². The molecule has 2 aromatic carbocycles. The molecule has 0 aliphatic carbocycles. The zero-order valence-corrected chi connectivity index (χ0v) is 18.6. The summed E-state index contributed by atoms with van der Waals surface area (Å²) in [6.45, 7) is 2.06. The van der Waals surface area contributed by atoms with Crippen molar-refractivity contribution in [1.82, 2.24) is 14.7 Å². The number of hydrogen-bond donors (Lipinski definition) is 3. The number of nitriles is 1. The van der Waals surface area contributed by atoms with Crippen molar-refractivity contribution in [3.8, 4) is 22.9 Å². The number of likely N-dealkylation sites (tertiary alicyclic amines) is 1. The topological polar surface area (TPSA) is 137 Å². The van der Waals surface area contributed by atoms with Crippen LogP contribution in [0.2, 0.25) is 0 Å². The summed E-state index contributed by atoms with van der Waals surface area (Å²) >= 11 is 0. The van der Waals surface area contributed by atoms with E-state index in [4.69, 9.17) is 5.73 Å². The number of carbonyl (C=O) groups is 2. The van der Waals surface area contributed by atoms with Crippen LogP contribution in [0.25, 0.3) is 11.1 Å². The lowest BCUT2D eigenvalue weighted by Gasteiger charge is -2.40. The van der Waals surface area contributed by atoms with Gasteiger partial charge in [-0.1, -0.05) is 42.5 Å². The Hall–Kier alpha value is -4.16. The highest BCUT2D eigenvalue weighted by atomic mass is 16.3. The van der Waals surface area contributed by atoms with Crippen molar-refractivity contribution in [2.75, 3.05) is 18.4 Å². The van der Waals surface area contributed by atoms with E-state index in [1.165, 1.54) is 6.20 Å². The normalized spacial score (nSPS) is 15.4. The van der Waals surface area contributed by atoms with Gasteiger partial charge in [-0.05, 0) is 30.0 Å². The summed E-state index contributed by atoms with van der Waals surface area (Å²) in [4.78, 5) is 24.9. The van der Waals surface area contributed by atoms with Crippen LogP contribution in [-0.4, -0.2) is 45.2 Å². The molecule has 1 aromatic heterocycles. The molecule has 0 unspecified atom stereocenters. The number of benzene rings is 2. The first-order valence-electron chi connectivity index (χ1n) is 11.0. The van der Waals surface area contributed by atoms with Gasteiger partial charge in [-0.2, -0.15) is 10.4 Å². The molecule has 1 aliphatic heterocycles. The van der Waals surface area contributed by atoms with Gasteiger partial charge < -0.3 is 16.2 Å². The second kappa shape index (κ2) is 9.77. The highest BCUT2D eigenvalue weighted by molar-refractivity contribution is 5.99. The third kappa shape index (κ3) is 4.63. The summed E-state index contributed by atoms with van der Waals surface area (Å²) < 4.78 is 1.61. The fraction of sp³-hybridized carbons (Fsp3) is 0.280. The molecular weight excluding hydrogens is 432 g/mol. The number of piperidine rings is 1. The molecule has 1 aliphatic rings. The van der Waals surface area contributed by atoms with Gasteiger partial charge in [0.2, 0.25) is 6.41 Å². The number of anilines is 1. The number of nitrogens with two attached hydrogens (primary N) is 1. The van der Waals surface area contributed by atoms with Crippen molar-refractivity contribution >= 4 is 18.1 Å². The number of aromatic hydroxyl groups is 1. The number of hydrogen-bond acceptors (Lipinski definition) is 6. The van der Waals surface area contributed by atoms with Crippen LogP contribution >= 0.6 is 0 Å². The lowest BCUT2D eigenvalue weighted by Crippen LogP contribution is -2.46. The van der Waals surface area contributed by atoms with Crippen LogP contribution in [0.3, 0.4) is 0 Å². The van der Waals surface area contributed by atoms with E-state index in [1.807, 2.05) is 42.5 Å². The van der Waals surface area contributed by atoms with E-state index < -0.39 is 11.4 Å². The first-order valence-corrected chi connectivity index (χ1v) is 11.0. The summed E-state index contributed by atoms with van der Waals surface area (Å²) in [5, 5.41) is 26.8. The monoisotopic (exact) mass is 458 g/mol. The van der Waals surface area contributed by atoms with Crippen LogP contribution in [0.15, 0.2) is 54.7 Å². The minimum absolute atomic E-state index is 0.0937.